The van der Waals surface area contributed by atoms with Crippen LogP contribution in [0.3, 0.4) is 0 Å². The average Bonchev–Trinajstić information content (AvgIpc) is 3.23. The zero-order chi connectivity index (χ0) is 23.5. The lowest BCUT2D eigenvalue weighted by Gasteiger charge is -2.11. The van der Waals surface area contributed by atoms with Crippen LogP contribution < -0.4 is 14.8 Å². The van der Waals surface area contributed by atoms with Crippen LogP contribution in [0.15, 0.2) is 71.4 Å². The van der Waals surface area contributed by atoms with Gasteiger partial charge in [0.25, 0.3) is 0 Å². The summed E-state index contributed by atoms with van der Waals surface area (Å²) < 4.78 is 16.7. The molecule has 4 rings (SSSR count). The Morgan fingerprint density at radius 3 is 2.39 bits per heavy atom. The van der Waals surface area contributed by atoms with Crippen molar-refractivity contribution in [2.45, 2.75) is 20.8 Å². The summed E-state index contributed by atoms with van der Waals surface area (Å²) in [6.45, 7) is 5.91. The number of furan rings is 1. The first-order valence-corrected chi connectivity index (χ1v) is 10.7. The Morgan fingerprint density at radius 2 is 1.73 bits per heavy atom. The van der Waals surface area contributed by atoms with Crippen molar-refractivity contribution in [2.24, 2.45) is 0 Å². The summed E-state index contributed by atoms with van der Waals surface area (Å²) in [5.41, 5.74) is 7.29. The Hall–Kier alpha value is -3.99. The van der Waals surface area contributed by atoms with E-state index in [2.05, 4.69) is 5.32 Å². The Balaban J connectivity index is 1.69. The van der Waals surface area contributed by atoms with E-state index in [1.54, 1.807) is 26.6 Å². The van der Waals surface area contributed by atoms with Crippen LogP contribution in [0, 0.1) is 13.8 Å². The van der Waals surface area contributed by atoms with Crippen molar-refractivity contribution in [3.63, 3.8) is 0 Å². The van der Waals surface area contributed by atoms with Gasteiger partial charge in [0.05, 0.1) is 20.5 Å². The van der Waals surface area contributed by atoms with Gasteiger partial charge in [-0.3, -0.25) is 4.79 Å². The van der Waals surface area contributed by atoms with Gasteiger partial charge < -0.3 is 19.2 Å². The number of carbonyl (C=O) groups is 1. The summed E-state index contributed by atoms with van der Waals surface area (Å²) in [6, 6.07) is 17.6. The largest absolute Gasteiger partial charge is 0.497 e. The van der Waals surface area contributed by atoms with E-state index in [9.17, 15) is 4.79 Å². The van der Waals surface area contributed by atoms with Crippen LogP contribution in [0.4, 0.5) is 5.69 Å². The molecule has 5 heteroatoms. The van der Waals surface area contributed by atoms with Crippen molar-refractivity contribution < 1.29 is 18.7 Å². The molecule has 0 radical (unpaired) electrons. The lowest BCUT2D eigenvalue weighted by atomic mass is 9.99. The quantitative estimate of drug-likeness (QED) is 0.335. The molecule has 1 amide bonds. The Labute approximate surface area is 193 Å². The third-order valence-electron chi connectivity index (χ3n) is 5.71. The van der Waals surface area contributed by atoms with Gasteiger partial charge in [-0.25, -0.2) is 0 Å². The highest BCUT2D eigenvalue weighted by molar-refractivity contribution is 6.05. The van der Waals surface area contributed by atoms with E-state index in [-0.39, 0.29) is 5.91 Å². The molecule has 0 aliphatic heterocycles. The standard InChI is InChI=1S/C28H27NO4/c1-17-6-11-25(19(3)12-17)29-28(30)13-18(2)22-14-23-24(16-33-27(23)15-26(22)32-5)20-7-9-21(31-4)10-8-20/h6-16H,1-5H3,(H,29,30)/b18-13+. The van der Waals surface area contributed by atoms with Crippen LogP contribution in [0.1, 0.15) is 23.6 Å². The fourth-order valence-electron chi connectivity index (χ4n) is 3.92. The van der Waals surface area contributed by atoms with E-state index in [0.29, 0.717) is 11.3 Å². The number of ether oxygens (including phenoxy) is 2. The minimum Gasteiger partial charge on any atom is -0.497 e. The van der Waals surface area contributed by atoms with Crippen LogP contribution in [-0.2, 0) is 4.79 Å². The van der Waals surface area contributed by atoms with E-state index in [4.69, 9.17) is 13.9 Å². The van der Waals surface area contributed by atoms with Gasteiger partial charge in [-0.15, -0.1) is 0 Å². The molecule has 1 N–H and O–H groups in total. The molecule has 0 fully saturated rings. The minimum atomic E-state index is -0.191. The number of rotatable bonds is 6. The van der Waals surface area contributed by atoms with Gasteiger partial charge in [0.2, 0.25) is 5.91 Å². The van der Waals surface area contributed by atoms with Crippen molar-refractivity contribution in [2.75, 3.05) is 19.5 Å². The molecule has 0 unspecified atom stereocenters. The number of hydrogen-bond acceptors (Lipinski definition) is 4. The van der Waals surface area contributed by atoms with Crippen LogP contribution in [0.2, 0.25) is 0 Å². The maximum absolute atomic E-state index is 12.7. The van der Waals surface area contributed by atoms with E-state index in [1.165, 1.54) is 0 Å². The molecule has 1 aromatic heterocycles. The zero-order valence-electron chi connectivity index (χ0n) is 19.5. The Bertz CT molecular complexity index is 1350. The van der Waals surface area contributed by atoms with Crippen LogP contribution >= 0.6 is 0 Å². The molecule has 0 aliphatic rings. The van der Waals surface area contributed by atoms with Gasteiger partial charge in [0, 0.05) is 34.3 Å². The van der Waals surface area contributed by atoms with Crippen molar-refractivity contribution >= 4 is 28.1 Å². The molecule has 168 valence electrons. The number of fused-ring (bicyclic) bond motifs is 1. The fourth-order valence-corrected chi connectivity index (χ4v) is 3.92. The van der Waals surface area contributed by atoms with Gasteiger partial charge in [-0.1, -0.05) is 29.8 Å². The minimum absolute atomic E-state index is 0.191. The molecule has 3 aromatic carbocycles. The zero-order valence-corrected chi connectivity index (χ0v) is 19.5. The van der Waals surface area contributed by atoms with Gasteiger partial charge >= 0.3 is 0 Å². The predicted octanol–water partition coefficient (Wildman–Crippen LogP) is 6.78. The van der Waals surface area contributed by atoms with Crippen molar-refractivity contribution in [3.8, 4) is 22.6 Å². The predicted molar refractivity (Wildman–Crippen MR) is 133 cm³/mol. The van der Waals surface area contributed by atoms with E-state index >= 15 is 0 Å². The van der Waals surface area contributed by atoms with Gasteiger partial charge in [0.15, 0.2) is 0 Å². The number of anilines is 1. The molecule has 0 bridgehead atoms. The molecule has 0 atom stereocenters. The van der Waals surface area contributed by atoms with Crippen LogP contribution in [0.25, 0.3) is 27.7 Å². The highest BCUT2D eigenvalue weighted by Gasteiger charge is 2.15. The Morgan fingerprint density at radius 1 is 0.970 bits per heavy atom. The summed E-state index contributed by atoms with van der Waals surface area (Å²) >= 11 is 0. The summed E-state index contributed by atoms with van der Waals surface area (Å²) in [4.78, 5) is 12.7. The maximum atomic E-state index is 12.7. The van der Waals surface area contributed by atoms with E-state index < -0.39 is 0 Å². The SMILES string of the molecule is COc1ccc(-c2coc3cc(OC)c(/C(C)=C/C(=O)Nc4ccc(C)cc4C)cc23)cc1. The number of amides is 1. The van der Waals surface area contributed by atoms with Crippen LogP contribution in [-0.4, -0.2) is 20.1 Å². The number of hydrogen-bond donors (Lipinski definition) is 1. The third kappa shape index (κ3) is 4.62. The lowest BCUT2D eigenvalue weighted by Crippen LogP contribution is -2.10. The first-order valence-electron chi connectivity index (χ1n) is 10.7. The smallest absolute Gasteiger partial charge is 0.248 e. The second-order valence-electron chi connectivity index (χ2n) is 8.06. The molecule has 0 spiro atoms. The third-order valence-corrected chi connectivity index (χ3v) is 5.71. The molecule has 5 nitrogen and oxygen atoms in total. The molecular weight excluding hydrogens is 414 g/mol. The summed E-state index contributed by atoms with van der Waals surface area (Å²) in [5.74, 6) is 1.25. The molecular formula is C28H27NO4. The highest BCUT2D eigenvalue weighted by Crippen LogP contribution is 2.37. The number of methoxy groups -OCH3 is 2. The second-order valence-corrected chi connectivity index (χ2v) is 8.06. The average molecular weight is 442 g/mol. The highest BCUT2D eigenvalue weighted by atomic mass is 16.5. The van der Waals surface area contributed by atoms with Gasteiger partial charge in [-0.05, 0) is 61.7 Å². The van der Waals surface area contributed by atoms with Gasteiger partial charge in [0.1, 0.15) is 17.1 Å². The van der Waals surface area contributed by atoms with Crippen molar-refractivity contribution in [1.29, 1.82) is 0 Å². The van der Waals surface area contributed by atoms with Crippen molar-refractivity contribution in [3.05, 3.63) is 83.6 Å². The summed E-state index contributed by atoms with van der Waals surface area (Å²) in [6.07, 6.45) is 3.33. The number of benzene rings is 3. The van der Waals surface area contributed by atoms with Gasteiger partial charge in [-0.2, -0.15) is 0 Å². The summed E-state index contributed by atoms with van der Waals surface area (Å²) in [5, 5.41) is 3.91. The number of aryl methyl sites for hydroxylation is 2. The topological polar surface area (TPSA) is 60.7 Å². The molecule has 4 aromatic rings. The first kappa shape index (κ1) is 22.2. The normalized spacial score (nSPS) is 11.5. The molecule has 1 heterocycles. The molecule has 33 heavy (non-hydrogen) atoms. The van der Waals surface area contributed by atoms with Crippen molar-refractivity contribution in [1.82, 2.24) is 0 Å². The van der Waals surface area contributed by atoms with Crippen LogP contribution in [0.5, 0.6) is 11.5 Å². The first-order chi connectivity index (χ1) is 15.9. The number of nitrogens with one attached hydrogen (secondary N) is 1. The molecule has 0 saturated heterocycles. The Kier molecular flexibility index (Phi) is 6.22. The number of carbonyl (C=O) groups excluding carboxylic acids is 1. The molecule has 0 aliphatic carbocycles. The maximum Gasteiger partial charge on any atom is 0.248 e. The number of allylic oxidation sites excluding steroid dienone is 1. The fraction of sp³-hybridized carbons (Fsp3) is 0.179. The molecule has 0 saturated carbocycles. The summed E-state index contributed by atoms with van der Waals surface area (Å²) in [7, 11) is 3.26. The monoisotopic (exact) mass is 441 g/mol. The van der Waals surface area contributed by atoms with E-state index in [1.807, 2.05) is 75.4 Å². The second kappa shape index (κ2) is 9.25. The van der Waals surface area contributed by atoms with E-state index in [0.717, 1.165) is 50.2 Å². The lowest BCUT2D eigenvalue weighted by molar-refractivity contribution is -0.111.